The fraction of sp³-hybridized carbons (Fsp3) is 0.615. The number of nitrogens with zero attached hydrogens (tertiary/aromatic N) is 4. The Morgan fingerprint density at radius 2 is 1.90 bits per heavy atom. The van der Waals surface area contributed by atoms with E-state index in [2.05, 4.69) is 30.8 Å². The lowest BCUT2D eigenvalue weighted by molar-refractivity contribution is -0.136. The first-order chi connectivity index (χ1) is 9.44. The van der Waals surface area contributed by atoms with Gasteiger partial charge in [-0.25, -0.2) is 9.97 Å². The molecule has 0 bridgehead atoms. The molecule has 20 heavy (non-hydrogen) atoms. The van der Waals surface area contributed by atoms with E-state index >= 15 is 0 Å². The molecular formula is C13H20BrN5O. The number of amides is 1. The minimum absolute atomic E-state index is 0.0244. The van der Waals surface area contributed by atoms with Crippen molar-refractivity contribution in [3.63, 3.8) is 0 Å². The number of carbonyl (C=O) groups is 1. The summed E-state index contributed by atoms with van der Waals surface area (Å²) in [6, 6.07) is 0. The van der Waals surface area contributed by atoms with E-state index in [0.717, 1.165) is 17.6 Å². The highest BCUT2D eigenvalue weighted by atomic mass is 79.9. The fourth-order valence-corrected chi connectivity index (χ4v) is 2.30. The van der Waals surface area contributed by atoms with E-state index in [1.54, 1.807) is 19.3 Å². The van der Waals surface area contributed by atoms with E-state index in [4.69, 9.17) is 5.73 Å². The van der Waals surface area contributed by atoms with E-state index in [-0.39, 0.29) is 5.91 Å². The van der Waals surface area contributed by atoms with E-state index in [1.165, 1.54) is 0 Å². The van der Waals surface area contributed by atoms with Gasteiger partial charge in [0.1, 0.15) is 0 Å². The zero-order valence-electron chi connectivity index (χ0n) is 11.8. The predicted octanol–water partition coefficient (Wildman–Crippen LogP) is 1.02. The van der Waals surface area contributed by atoms with E-state index in [1.807, 2.05) is 11.8 Å². The van der Waals surface area contributed by atoms with Crippen LogP contribution in [0.5, 0.6) is 0 Å². The van der Waals surface area contributed by atoms with Crippen molar-refractivity contribution < 1.29 is 4.79 Å². The number of halogens is 1. The first kappa shape index (κ1) is 15.2. The van der Waals surface area contributed by atoms with Crippen LogP contribution >= 0.6 is 15.9 Å². The summed E-state index contributed by atoms with van der Waals surface area (Å²) < 4.78 is 0.858. The molecule has 0 aliphatic carbocycles. The average molecular weight is 342 g/mol. The number of anilines is 1. The zero-order valence-corrected chi connectivity index (χ0v) is 13.4. The maximum Gasteiger partial charge on any atom is 0.242 e. The minimum atomic E-state index is -0.768. The van der Waals surface area contributed by atoms with Crippen molar-refractivity contribution in [2.75, 3.05) is 31.1 Å². The van der Waals surface area contributed by atoms with Crippen LogP contribution in [0.4, 0.5) is 5.95 Å². The largest absolute Gasteiger partial charge is 0.338 e. The molecule has 1 aromatic heterocycles. The summed E-state index contributed by atoms with van der Waals surface area (Å²) >= 11 is 3.32. The van der Waals surface area contributed by atoms with Gasteiger partial charge >= 0.3 is 0 Å². The number of piperazine rings is 1. The number of carbonyl (C=O) groups excluding carboxylic acids is 1. The average Bonchev–Trinajstić information content (AvgIpc) is 2.47. The van der Waals surface area contributed by atoms with E-state index in [9.17, 15) is 4.79 Å². The molecule has 0 saturated carbocycles. The molecule has 1 aromatic rings. The Hall–Kier alpha value is -1.21. The number of aromatic nitrogens is 2. The van der Waals surface area contributed by atoms with Crippen molar-refractivity contribution in [3.05, 3.63) is 16.9 Å². The lowest BCUT2D eigenvalue weighted by Crippen LogP contribution is -2.58. The zero-order chi connectivity index (χ0) is 14.8. The van der Waals surface area contributed by atoms with Crippen molar-refractivity contribution in [1.29, 1.82) is 0 Å². The fourth-order valence-electron chi connectivity index (χ4n) is 2.09. The Labute approximate surface area is 127 Å². The van der Waals surface area contributed by atoms with Crippen LogP contribution in [-0.4, -0.2) is 52.5 Å². The molecule has 1 aliphatic rings. The number of rotatable bonds is 3. The van der Waals surface area contributed by atoms with Gasteiger partial charge in [-0.05, 0) is 29.3 Å². The number of nitrogens with two attached hydrogens (primary N) is 1. The number of hydrogen-bond acceptors (Lipinski definition) is 5. The summed E-state index contributed by atoms with van der Waals surface area (Å²) in [7, 11) is 0. The smallest absolute Gasteiger partial charge is 0.242 e. The quantitative estimate of drug-likeness (QED) is 0.888. The van der Waals surface area contributed by atoms with Gasteiger partial charge in [0.15, 0.2) is 0 Å². The Kier molecular flexibility index (Phi) is 4.59. The molecule has 1 amide bonds. The molecule has 2 N–H and O–H groups in total. The molecule has 110 valence electrons. The Bertz CT molecular complexity index is 468. The Morgan fingerprint density at radius 1 is 1.35 bits per heavy atom. The molecule has 0 aromatic carbocycles. The molecule has 6 nitrogen and oxygen atoms in total. The van der Waals surface area contributed by atoms with Crippen LogP contribution in [0.3, 0.4) is 0 Å². The molecule has 1 fully saturated rings. The van der Waals surface area contributed by atoms with Gasteiger partial charge in [-0.1, -0.05) is 6.92 Å². The van der Waals surface area contributed by atoms with Crippen molar-refractivity contribution >= 4 is 27.8 Å². The normalized spacial score (nSPS) is 18.8. The summed E-state index contributed by atoms with van der Waals surface area (Å²) in [5.74, 6) is 0.725. The second kappa shape index (κ2) is 6.05. The van der Waals surface area contributed by atoms with Gasteiger partial charge in [-0.2, -0.15) is 0 Å². The second-order valence-electron chi connectivity index (χ2n) is 5.25. The van der Waals surface area contributed by atoms with Crippen LogP contribution in [0.15, 0.2) is 16.9 Å². The Balaban J connectivity index is 1.96. The summed E-state index contributed by atoms with van der Waals surface area (Å²) in [5, 5.41) is 0. The van der Waals surface area contributed by atoms with Gasteiger partial charge < -0.3 is 15.5 Å². The maximum atomic E-state index is 12.3. The van der Waals surface area contributed by atoms with Crippen molar-refractivity contribution in [1.82, 2.24) is 14.9 Å². The molecule has 2 heterocycles. The van der Waals surface area contributed by atoms with Crippen LogP contribution < -0.4 is 10.6 Å². The van der Waals surface area contributed by atoms with Crippen LogP contribution in [0.2, 0.25) is 0 Å². The first-order valence-corrected chi connectivity index (χ1v) is 7.54. The van der Waals surface area contributed by atoms with Crippen LogP contribution in [0.25, 0.3) is 0 Å². The van der Waals surface area contributed by atoms with E-state index < -0.39 is 5.54 Å². The third-order valence-electron chi connectivity index (χ3n) is 3.68. The third-order valence-corrected chi connectivity index (χ3v) is 4.09. The third kappa shape index (κ3) is 3.27. The molecule has 7 heteroatoms. The molecule has 0 radical (unpaired) electrons. The standard InChI is InChI=1S/C13H20BrN5O/c1-3-13(2,15)11(20)18-4-6-19(7-5-18)12-16-8-10(14)9-17-12/h8-9H,3-7,15H2,1-2H3. The molecule has 0 spiro atoms. The lowest BCUT2D eigenvalue weighted by Gasteiger charge is -2.38. The highest BCUT2D eigenvalue weighted by Gasteiger charge is 2.32. The van der Waals surface area contributed by atoms with Crippen molar-refractivity contribution in [3.8, 4) is 0 Å². The van der Waals surface area contributed by atoms with Gasteiger partial charge in [0, 0.05) is 38.6 Å². The van der Waals surface area contributed by atoms with E-state index in [0.29, 0.717) is 25.5 Å². The lowest BCUT2D eigenvalue weighted by atomic mass is 9.98. The van der Waals surface area contributed by atoms with Gasteiger partial charge in [0.2, 0.25) is 11.9 Å². The topological polar surface area (TPSA) is 75.4 Å². The maximum absolute atomic E-state index is 12.3. The van der Waals surface area contributed by atoms with Gasteiger partial charge in [-0.15, -0.1) is 0 Å². The molecule has 2 rings (SSSR count). The number of hydrogen-bond donors (Lipinski definition) is 1. The van der Waals surface area contributed by atoms with Crippen LogP contribution in [-0.2, 0) is 4.79 Å². The second-order valence-corrected chi connectivity index (χ2v) is 6.17. The molecule has 1 saturated heterocycles. The minimum Gasteiger partial charge on any atom is -0.338 e. The van der Waals surface area contributed by atoms with Crippen LogP contribution in [0, 0.1) is 0 Å². The van der Waals surface area contributed by atoms with Crippen molar-refractivity contribution in [2.45, 2.75) is 25.8 Å². The molecule has 1 unspecified atom stereocenters. The van der Waals surface area contributed by atoms with Crippen molar-refractivity contribution in [2.24, 2.45) is 5.73 Å². The summed E-state index contributed by atoms with van der Waals surface area (Å²) in [6.45, 7) is 6.50. The summed E-state index contributed by atoms with van der Waals surface area (Å²) in [5.41, 5.74) is 5.25. The SMILES string of the molecule is CCC(C)(N)C(=O)N1CCN(c2ncc(Br)cn2)CC1. The van der Waals surface area contributed by atoms with Crippen LogP contribution in [0.1, 0.15) is 20.3 Å². The van der Waals surface area contributed by atoms with Gasteiger partial charge in [0.05, 0.1) is 10.0 Å². The highest BCUT2D eigenvalue weighted by Crippen LogP contribution is 2.16. The molecular weight excluding hydrogens is 322 g/mol. The molecule has 1 atom stereocenters. The van der Waals surface area contributed by atoms with Gasteiger partial charge in [-0.3, -0.25) is 4.79 Å². The predicted molar refractivity (Wildman–Crippen MR) is 81.4 cm³/mol. The summed E-state index contributed by atoms with van der Waals surface area (Å²) in [4.78, 5) is 24.7. The highest BCUT2D eigenvalue weighted by molar-refractivity contribution is 9.10. The molecule has 1 aliphatic heterocycles. The Morgan fingerprint density at radius 3 is 2.40 bits per heavy atom. The van der Waals surface area contributed by atoms with Gasteiger partial charge in [0.25, 0.3) is 0 Å². The summed E-state index contributed by atoms with van der Waals surface area (Å²) in [6.07, 6.45) is 4.10. The first-order valence-electron chi connectivity index (χ1n) is 6.75. The monoisotopic (exact) mass is 341 g/mol.